The van der Waals surface area contributed by atoms with Crippen LogP contribution in [0.5, 0.6) is 0 Å². The number of carbonyl (C=O) groups excluding carboxylic acids is 6. The first kappa shape index (κ1) is 45.4. The minimum absolute atomic E-state index is 0.00212. The van der Waals surface area contributed by atoms with Gasteiger partial charge < -0.3 is 41.4 Å². The molecule has 59 heavy (non-hydrogen) atoms. The summed E-state index contributed by atoms with van der Waals surface area (Å²) in [4.78, 5) is 90.8. The Balaban J connectivity index is 1.56. The van der Waals surface area contributed by atoms with E-state index in [1.807, 2.05) is 55.7 Å². The molecule has 1 aromatic heterocycles. The third-order valence-corrected chi connectivity index (χ3v) is 9.74. The van der Waals surface area contributed by atoms with Crippen LogP contribution in [0, 0.1) is 17.0 Å². The number of aliphatic hydroxyl groups is 1. The van der Waals surface area contributed by atoms with Gasteiger partial charge in [0.1, 0.15) is 30.8 Å². The molecule has 3 aromatic rings. The molecule has 2 heterocycles. The van der Waals surface area contributed by atoms with Crippen molar-refractivity contribution in [1.29, 1.82) is 0 Å². The number of halogens is 2. The van der Waals surface area contributed by atoms with Crippen molar-refractivity contribution in [2.24, 2.45) is 16.9 Å². The van der Waals surface area contributed by atoms with Crippen LogP contribution in [0.2, 0.25) is 0 Å². The lowest BCUT2D eigenvalue weighted by molar-refractivity contribution is -0.152. The molecule has 1 aliphatic heterocycles. The van der Waals surface area contributed by atoms with E-state index in [2.05, 4.69) is 5.32 Å². The number of nitrogens with zero attached hydrogens (tertiary/aromatic N) is 4. The largest absolute Gasteiger partial charge is 0.480 e. The lowest BCUT2D eigenvalue weighted by Crippen LogP contribution is -2.53. The van der Waals surface area contributed by atoms with Crippen LogP contribution in [0.3, 0.4) is 0 Å². The van der Waals surface area contributed by atoms with E-state index in [0.717, 1.165) is 40.8 Å². The van der Waals surface area contributed by atoms with Crippen LogP contribution < -0.4 is 16.8 Å². The molecule has 6 amide bonds. The minimum Gasteiger partial charge on any atom is -0.480 e. The second kappa shape index (κ2) is 19.9. The molecule has 0 unspecified atom stereocenters. The number of aliphatic carboxylic acids is 1. The highest BCUT2D eigenvalue weighted by Gasteiger charge is 2.38. The van der Waals surface area contributed by atoms with Gasteiger partial charge in [0, 0.05) is 67.8 Å². The Hall–Kier alpha value is -6.27. The topological polar surface area (TPSA) is 239 Å². The summed E-state index contributed by atoms with van der Waals surface area (Å²) in [7, 11) is 0. The van der Waals surface area contributed by atoms with Gasteiger partial charge in [-0.05, 0) is 48.1 Å². The quantitative estimate of drug-likeness (QED) is 0.103. The first-order chi connectivity index (χ1) is 27.8. The number of carboxylic acid groups (broad SMARTS) is 1. The fraction of sp³-hybridized carbons (Fsp3) is 0.390. The molecule has 2 aromatic carbocycles. The molecule has 7 N–H and O–H groups in total. The van der Waals surface area contributed by atoms with Crippen molar-refractivity contribution >= 4 is 41.4 Å². The number of amides is 6. The van der Waals surface area contributed by atoms with Gasteiger partial charge >= 0.3 is 5.97 Å². The van der Waals surface area contributed by atoms with Crippen LogP contribution in [-0.2, 0) is 40.1 Å². The van der Waals surface area contributed by atoms with Crippen LogP contribution in [-0.4, -0.2) is 116 Å². The molecule has 16 nitrogen and oxygen atoms in total. The molecule has 0 radical (unpaired) electrons. The van der Waals surface area contributed by atoms with Crippen LogP contribution in [0.15, 0.2) is 72.9 Å². The number of aliphatic hydroxyl groups excluding tert-OH is 1. The summed E-state index contributed by atoms with van der Waals surface area (Å²) >= 11 is 0. The van der Waals surface area contributed by atoms with Crippen LogP contribution in [0.25, 0.3) is 11.1 Å². The van der Waals surface area contributed by atoms with Crippen LogP contribution >= 0.6 is 0 Å². The maximum atomic E-state index is 15.1. The number of imide groups is 1. The maximum Gasteiger partial charge on any atom is 0.326 e. The second-order valence-electron chi connectivity index (χ2n) is 15.1. The minimum atomic E-state index is -1.60. The molecule has 0 saturated carbocycles. The van der Waals surface area contributed by atoms with Gasteiger partial charge in [0.2, 0.25) is 23.6 Å². The zero-order valence-corrected chi connectivity index (χ0v) is 33.0. The number of primary amides is 1. The summed E-state index contributed by atoms with van der Waals surface area (Å²) in [6.45, 7) is 3.25. The number of hydrogen-bond acceptors (Lipinski definition) is 9. The Labute approximate surface area is 339 Å². The van der Waals surface area contributed by atoms with Gasteiger partial charge in [-0.1, -0.05) is 51.1 Å². The Morgan fingerprint density at radius 2 is 1.56 bits per heavy atom. The average Bonchev–Trinajstić information content (AvgIpc) is 3.73. The third-order valence-electron chi connectivity index (χ3n) is 9.74. The van der Waals surface area contributed by atoms with Gasteiger partial charge in [0.15, 0.2) is 0 Å². The third kappa shape index (κ3) is 11.9. The molecule has 0 spiro atoms. The van der Waals surface area contributed by atoms with Gasteiger partial charge in [-0.15, -0.1) is 0 Å². The van der Waals surface area contributed by atoms with E-state index in [1.165, 1.54) is 4.90 Å². The van der Waals surface area contributed by atoms with Gasteiger partial charge in [0.25, 0.3) is 11.8 Å². The summed E-state index contributed by atoms with van der Waals surface area (Å²) in [6.07, 6.45) is 2.64. The molecule has 0 fully saturated rings. The Kier molecular flexibility index (Phi) is 15.3. The van der Waals surface area contributed by atoms with Crippen LogP contribution in [0.4, 0.5) is 8.78 Å². The van der Waals surface area contributed by atoms with E-state index in [0.29, 0.717) is 16.2 Å². The molecule has 316 valence electrons. The standard InChI is InChI=1S/C41H49F2N7O9/c1-41(2,3)38(32-19-26(28-20-27(42)9-10-29(28)43)22-47(32)21-25-7-5-4-6-8-25)49(37(56)24-51)17-15-30(44)39(57)46-16-18-48(31(40(58)59)11-12-33(45)52)36(55)23-50-34(53)13-14-35(50)54/h4-10,13-14,19-20,22,30-31,38,51H,11-12,15-18,21,23-24,44H2,1-3H3,(H2,45,52)(H,46,57)(H,58,59)/t30-,31-,38-/m0/s1. The molecular formula is C41H49F2N7O9. The normalized spacial score (nSPS) is 14.2. The van der Waals surface area contributed by atoms with E-state index in [1.54, 1.807) is 12.3 Å². The summed E-state index contributed by atoms with van der Waals surface area (Å²) < 4.78 is 31.3. The highest BCUT2D eigenvalue weighted by Crippen LogP contribution is 2.41. The van der Waals surface area contributed by atoms with Crippen molar-refractivity contribution in [3.05, 3.63) is 95.8 Å². The summed E-state index contributed by atoms with van der Waals surface area (Å²) in [5.41, 5.74) is 12.5. The van der Waals surface area contributed by atoms with Crippen molar-refractivity contribution in [2.75, 3.05) is 32.8 Å². The SMILES string of the molecule is CC(C)(C)[C@H](c1cc(-c2cc(F)ccc2F)cn1Cc1ccccc1)N(CC[C@H](N)C(=O)NCCN(C(=O)CN1C(=O)C=CC1=O)[C@@H](CCC(N)=O)C(=O)O)C(=O)CO. The zero-order chi connectivity index (χ0) is 43.6. The number of carboxylic acids is 1. The second-order valence-corrected chi connectivity index (χ2v) is 15.1. The van der Waals surface area contributed by atoms with Crippen molar-refractivity contribution < 1.29 is 52.6 Å². The molecule has 4 rings (SSSR count). The number of carbonyl (C=O) groups is 7. The van der Waals surface area contributed by atoms with Gasteiger partial charge in [-0.3, -0.25) is 33.7 Å². The lowest BCUT2D eigenvalue weighted by Gasteiger charge is -2.41. The molecule has 3 atom stereocenters. The van der Waals surface area contributed by atoms with E-state index in [4.69, 9.17) is 11.5 Å². The molecule has 0 bridgehead atoms. The van der Waals surface area contributed by atoms with E-state index < -0.39 is 103 Å². The first-order valence-corrected chi connectivity index (χ1v) is 18.8. The fourth-order valence-electron chi connectivity index (χ4n) is 6.90. The number of rotatable bonds is 20. The summed E-state index contributed by atoms with van der Waals surface area (Å²) in [6, 6.07) is 10.4. The van der Waals surface area contributed by atoms with Crippen molar-refractivity contribution in [1.82, 2.24) is 24.6 Å². The number of hydrogen-bond donors (Lipinski definition) is 5. The zero-order valence-electron chi connectivity index (χ0n) is 33.0. The smallest absolute Gasteiger partial charge is 0.326 e. The fourth-order valence-corrected chi connectivity index (χ4v) is 6.90. The molecular weight excluding hydrogens is 772 g/mol. The Bertz CT molecular complexity index is 2070. The predicted octanol–water partition coefficient (Wildman–Crippen LogP) is 1.70. The lowest BCUT2D eigenvalue weighted by atomic mass is 9.82. The average molecular weight is 822 g/mol. The summed E-state index contributed by atoms with van der Waals surface area (Å²) in [5.74, 6) is -7.57. The van der Waals surface area contributed by atoms with Crippen LogP contribution in [0.1, 0.15) is 57.3 Å². The Morgan fingerprint density at radius 1 is 0.898 bits per heavy atom. The molecule has 0 saturated heterocycles. The molecule has 18 heteroatoms. The van der Waals surface area contributed by atoms with E-state index in [9.17, 15) is 48.2 Å². The van der Waals surface area contributed by atoms with Crippen molar-refractivity contribution in [3.63, 3.8) is 0 Å². The highest BCUT2D eigenvalue weighted by atomic mass is 19.1. The number of aromatic nitrogens is 1. The van der Waals surface area contributed by atoms with E-state index in [-0.39, 0.29) is 38.0 Å². The number of nitrogens with one attached hydrogen (secondary N) is 1. The summed E-state index contributed by atoms with van der Waals surface area (Å²) in [5, 5.41) is 22.6. The highest BCUT2D eigenvalue weighted by molar-refractivity contribution is 6.14. The van der Waals surface area contributed by atoms with Crippen molar-refractivity contribution in [3.8, 4) is 11.1 Å². The monoisotopic (exact) mass is 821 g/mol. The Morgan fingerprint density at radius 3 is 2.15 bits per heavy atom. The number of nitrogens with two attached hydrogens (primary N) is 2. The van der Waals surface area contributed by atoms with Gasteiger partial charge in [-0.2, -0.15) is 0 Å². The van der Waals surface area contributed by atoms with Gasteiger partial charge in [0.05, 0.1) is 12.1 Å². The molecule has 1 aliphatic rings. The van der Waals surface area contributed by atoms with E-state index >= 15 is 4.39 Å². The number of benzene rings is 2. The first-order valence-electron chi connectivity index (χ1n) is 18.8. The maximum absolute atomic E-state index is 15.1. The van der Waals surface area contributed by atoms with Gasteiger partial charge in [-0.25, -0.2) is 13.6 Å². The van der Waals surface area contributed by atoms with Crippen molar-refractivity contribution in [2.45, 2.75) is 64.7 Å². The predicted molar refractivity (Wildman–Crippen MR) is 209 cm³/mol. The molecule has 0 aliphatic carbocycles.